The van der Waals surface area contributed by atoms with Crippen LogP contribution in [0.25, 0.3) is 0 Å². The van der Waals surface area contributed by atoms with Crippen molar-refractivity contribution in [2.45, 2.75) is 65.5 Å². The molecule has 112 valence electrons. The predicted molar refractivity (Wildman–Crippen MR) is 80.9 cm³/mol. The van der Waals surface area contributed by atoms with Crippen LogP contribution in [0, 0.1) is 0 Å². The summed E-state index contributed by atoms with van der Waals surface area (Å²) in [7, 11) is 0. The zero-order valence-electron chi connectivity index (χ0n) is 13.0. The standard InChI is InChI=1S/C16H26N2O2/c1-5-11(3)15(19)18(16(20)12(4)6-2)14-9-7-13(17)8-10-14/h5-6,13-14H,7-10,17H2,1-4H3/b11-5-,12-6-. The zero-order valence-corrected chi connectivity index (χ0v) is 13.0. The third kappa shape index (κ3) is 3.79. The fourth-order valence-electron chi connectivity index (χ4n) is 2.41. The maximum Gasteiger partial charge on any atom is 0.256 e. The lowest BCUT2D eigenvalue weighted by molar-refractivity contribution is -0.143. The average Bonchev–Trinajstić information content (AvgIpc) is 2.47. The van der Waals surface area contributed by atoms with Crippen molar-refractivity contribution >= 4 is 11.8 Å². The highest BCUT2D eigenvalue weighted by molar-refractivity contribution is 6.09. The van der Waals surface area contributed by atoms with E-state index in [4.69, 9.17) is 5.73 Å². The van der Waals surface area contributed by atoms with Crippen LogP contribution in [-0.4, -0.2) is 28.8 Å². The first kappa shape index (κ1) is 16.6. The van der Waals surface area contributed by atoms with Crippen LogP contribution in [0.2, 0.25) is 0 Å². The molecular weight excluding hydrogens is 252 g/mol. The van der Waals surface area contributed by atoms with Crippen molar-refractivity contribution in [2.24, 2.45) is 5.73 Å². The highest BCUT2D eigenvalue weighted by Crippen LogP contribution is 2.25. The minimum atomic E-state index is -0.181. The van der Waals surface area contributed by atoms with Crippen molar-refractivity contribution in [3.05, 3.63) is 23.3 Å². The van der Waals surface area contributed by atoms with Crippen LogP contribution >= 0.6 is 0 Å². The molecule has 0 unspecified atom stereocenters. The summed E-state index contributed by atoms with van der Waals surface area (Å²) in [4.78, 5) is 26.4. The Morgan fingerprint density at radius 3 is 1.70 bits per heavy atom. The highest BCUT2D eigenvalue weighted by Gasteiger charge is 2.33. The smallest absolute Gasteiger partial charge is 0.256 e. The molecule has 2 amide bonds. The van der Waals surface area contributed by atoms with Gasteiger partial charge in [0.2, 0.25) is 0 Å². The first-order chi connectivity index (χ1) is 9.42. The first-order valence-corrected chi connectivity index (χ1v) is 7.31. The van der Waals surface area contributed by atoms with E-state index in [0.717, 1.165) is 25.7 Å². The lowest BCUT2D eigenvalue weighted by Crippen LogP contribution is -2.48. The summed E-state index contributed by atoms with van der Waals surface area (Å²) in [5.41, 5.74) is 7.13. The Morgan fingerprint density at radius 1 is 0.950 bits per heavy atom. The van der Waals surface area contributed by atoms with E-state index in [9.17, 15) is 9.59 Å². The molecule has 1 aliphatic carbocycles. The summed E-state index contributed by atoms with van der Waals surface area (Å²) in [6.45, 7) is 7.13. The van der Waals surface area contributed by atoms with Crippen molar-refractivity contribution in [3.63, 3.8) is 0 Å². The summed E-state index contributed by atoms with van der Waals surface area (Å²) in [6, 6.07) is 0.170. The van der Waals surface area contributed by atoms with Crippen molar-refractivity contribution in [1.82, 2.24) is 4.90 Å². The van der Waals surface area contributed by atoms with Crippen LogP contribution in [0.15, 0.2) is 23.3 Å². The first-order valence-electron chi connectivity index (χ1n) is 7.31. The average molecular weight is 278 g/mol. The molecule has 0 atom stereocenters. The maximum atomic E-state index is 12.5. The van der Waals surface area contributed by atoms with Crippen LogP contribution in [0.3, 0.4) is 0 Å². The molecule has 0 heterocycles. The number of carbonyl (C=O) groups is 2. The van der Waals surface area contributed by atoms with Gasteiger partial charge in [-0.2, -0.15) is 0 Å². The van der Waals surface area contributed by atoms with E-state index in [1.807, 2.05) is 13.8 Å². The number of imide groups is 1. The summed E-state index contributed by atoms with van der Waals surface area (Å²) in [5, 5.41) is 0. The Balaban J connectivity index is 3.01. The molecule has 1 fully saturated rings. The Hall–Kier alpha value is -1.42. The van der Waals surface area contributed by atoms with Gasteiger partial charge in [-0.3, -0.25) is 14.5 Å². The molecule has 2 N–H and O–H groups in total. The Bertz CT molecular complexity index is 400. The Morgan fingerprint density at radius 2 is 1.35 bits per heavy atom. The van der Waals surface area contributed by atoms with E-state index in [1.54, 1.807) is 26.0 Å². The molecule has 0 spiro atoms. The molecule has 1 aliphatic rings. The number of rotatable bonds is 3. The summed E-state index contributed by atoms with van der Waals surface area (Å²) >= 11 is 0. The molecule has 0 saturated heterocycles. The summed E-state index contributed by atoms with van der Waals surface area (Å²) in [5.74, 6) is -0.363. The molecule has 0 radical (unpaired) electrons. The van der Waals surface area contributed by atoms with Gasteiger partial charge < -0.3 is 5.73 Å². The van der Waals surface area contributed by atoms with Crippen molar-refractivity contribution in [1.29, 1.82) is 0 Å². The van der Waals surface area contributed by atoms with Gasteiger partial charge in [0.1, 0.15) is 0 Å². The fourth-order valence-corrected chi connectivity index (χ4v) is 2.41. The molecule has 0 aromatic carbocycles. The highest BCUT2D eigenvalue weighted by atomic mass is 16.2. The van der Waals surface area contributed by atoms with Gasteiger partial charge in [-0.15, -0.1) is 0 Å². The van der Waals surface area contributed by atoms with Gasteiger partial charge >= 0.3 is 0 Å². The number of carbonyl (C=O) groups excluding carboxylic acids is 2. The SMILES string of the molecule is C/C=C(/C)C(=O)N(C(=O)/C(C)=C\C)C1CCC(N)CC1. The van der Waals surface area contributed by atoms with Crippen LogP contribution in [-0.2, 0) is 9.59 Å². The van der Waals surface area contributed by atoms with Crippen LogP contribution in [0.4, 0.5) is 0 Å². The fraction of sp³-hybridized carbons (Fsp3) is 0.625. The Kier molecular flexibility index (Phi) is 6.14. The minimum absolute atomic E-state index is 0.0281. The molecule has 4 nitrogen and oxygen atoms in total. The number of nitrogens with zero attached hydrogens (tertiary/aromatic N) is 1. The molecule has 4 heteroatoms. The zero-order chi connectivity index (χ0) is 15.3. The monoisotopic (exact) mass is 278 g/mol. The number of hydrogen-bond donors (Lipinski definition) is 1. The van der Waals surface area contributed by atoms with E-state index in [0.29, 0.717) is 11.1 Å². The van der Waals surface area contributed by atoms with Gasteiger partial charge in [0.25, 0.3) is 11.8 Å². The summed E-state index contributed by atoms with van der Waals surface area (Å²) in [6.07, 6.45) is 6.83. The molecule has 20 heavy (non-hydrogen) atoms. The second kappa shape index (κ2) is 7.39. The van der Waals surface area contributed by atoms with Crippen LogP contribution in [0.1, 0.15) is 53.4 Å². The molecular formula is C16H26N2O2. The lowest BCUT2D eigenvalue weighted by Gasteiger charge is -2.35. The van der Waals surface area contributed by atoms with Gasteiger partial charge in [-0.25, -0.2) is 0 Å². The second-order valence-corrected chi connectivity index (χ2v) is 5.49. The second-order valence-electron chi connectivity index (χ2n) is 5.49. The van der Waals surface area contributed by atoms with Crippen molar-refractivity contribution in [3.8, 4) is 0 Å². The third-order valence-corrected chi connectivity index (χ3v) is 4.08. The van der Waals surface area contributed by atoms with Gasteiger partial charge in [0.05, 0.1) is 0 Å². The molecule has 0 aliphatic heterocycles. The van der Waals surface area contributed by atoms with Crippen LogP contribution < -0.4 is 5.73 Å². The number of nitrogens with two attached hydrogens (primary N) is 1. The Labute approximate surface area is 121 Å². The largest absolute Gasteiger partial charge is 0.328 e. The third-order valence-electron chi connectivity index (χ3n) is 4.08. The van der Waals surface area contributed by atoms with Gasteiger partial charge in [0.15, 0.2) is 0 Å². The van der Waals surface area contributed by atoms with E-state index in [-0.39, 0.29) is 23.9 Å². The predicted octanol–water partition coefficient (Wildman–Crippen LogP) is 2.54. The van der Waals surface area contributed by atoms with E-state index < -0.39 is 0 Å². The number of hydrogen-bond acceptors (Lipinski definition) is 3. The summed E-state index contributed by atoms with van der Waals surface area (Å²) < 4.78 is 0. The number of allylic oxidation sites excluding steroid dienone is 2. The molecule has 1 saturated carbocycles. The molecule has 0 aromatic heterocycles. The number of amides is 2. The van der Waals surface area contributed by atoms with E-state index >= 15 is 0 Å². The van der Waals surface area contributed by atoms with E-state index in [1.165, 1.54) is 4.90 Å². The van der Waals surface area contributed by atoms with Crippen molar-refractivity contribution in [2.75, 3.05) is 0 Å². The lowest BCUT2D eigenvalue weighted by atomic mass is 9.90. The van der Waals surface area contributed by atoms with E-state index in [2.05, 4.69) is 0 Å². The van der Waals surface area contributed by atoms with Crippen LogP contribution in [0.5, 0.6) is 0 Å². The minimum Gasteiger partial charge on any atom is -0.328 e. The molecule has 0 bridgehead atoms. The van der Waals surface area contributed by atoms with Crippen molar-refractivity contribution < 1.29 is 9.59 Å². The molecule has 1 rings (SSSR count). The quantitative estimate of drug-likeness (QED) is 0.807. The topological polar surface area (TPSA) is 63.4 Å². The maximum absolute atomic E-state index is 12.5. The van der Waals surface area contributed by atoms with Gasteiger partial charge in [0, 0.05) is 23.2 Å². The molecule has 0 aromatic rings. The van der Waals surface area contributed by atoms with Gasteiger partial charge in [-0.05, 0) is 53.4 Å². The normalized spacial score (nSPS) is 24.4. The van der Waals surface area contributed by atoms with Gasteiger partial charge in [-0.1, -0.05) is 12.2 Å².